The van der Waals surface area contributed by atoms with Crippen LogP contribution in [0.4, 0.5) is 5.69 Å². The van der Waals surface area contributed by atoms with Crippen LogP contribution in [0.2, 0.25) is 0 Å². The maximum atomic E-state index is 14.1. The van der Waals surface area contributed by atoms with E-state index in [4.69, 9.17) is 74.3 Å². The van der Waals surface area contributed by atoms with E-state index in [1.807, 2.05) is 0 Å². The SMILES string of the molecule is O=C(CN(C(=O)c1ccc([N+](=O)[O-])cc1)N1C(=O)[C@@H]2[C@@H](C1=O)[C@@]1(Cl)C(Cl)=C(Cl)[C@@]2(Cl)C1(Cl)Cl)c1ccc(OC(=O)c2ccc(Br)cc2)cc1. The summed E-state index contributed by atoms with van der Waals surface area (Å²) in [4.78, 5) is 74.4. The van der Waals surface area contributed by atoms with Crippen molar-refractivity contribution in [2.75, 3.05) is 6.54 Å². The van der Waals surface area contributed by atoms with Gasteiger partial charge >= 0.3 is 5.97 Å². The first-order valence-corrected chi connectivity index (χ1v) is 16.9. The largest absolute Gasteiger partial charge is 0.423 e. The molecular weight excluding hydrogens is 835 g/mol. The van der Waals surface area contributed by atoms with Crippen LogP contribution in [0.1, 0.15) is 31.1 Å². The molecule has 1 saturated heterocycles. The molecule has 2 bridgehead atoms. The maximum absolute atomic E-state index is 14.1. The Bertz CT molecular complexity index is 1960. The van der Waals surface area contributed by atoms with Crippen molar-refractivity contribution in [3.63, 3.8) is 0 Å². The Labute approximate surface area is 314 Å². The van der Waals surface area contributed by atoms with Crippen LogP contribution in [-0.4, -0.2) is 65.0 Å². The normalized spacial score (nSPS) is 25.0. The summed E-state index contributed by atoms with van der Waals surface area (Å²) in [5, 5.41) is 11.5. The summed E-state index contributed by atoms with van der Waals surface area (Å²) in [6.45, 7) is -0.892. The standard InChI is InChI=1S/C31H16BrCl6N3O8/c32-17-7-1-16(2-8-17)28(46)49-19-11-5-14(6-12-19)20(42)13-39(25(43)15-3-9-18(10-4-15)41(47)48)40-26(44)21-22(27(40)45)30(36)24(34)23(33)29(21,35)31(30,37)38/h1-12,21-22H,13H2/t21-,22-,29+,30+/m0/s1. The van der Waals surface area contributed by atoms with Crippen molar-refractivity contribution < 1.29 is 33.6 Å². The Morgan fingerprint density at radius 1 is 0.796 bits per heavy atom. The number of amides is 3. The lowest BCUT2D eigenvalue weighted by atomic mass is 9.84. The van der Waals surface area contributed by atoms with Crippen LogP contribution in [0.3, 0.4) is 0 Å². The number of hydrogen-bond donors (Lipinski definition) is 0. The van der Waals surface area contributed by atoms with Gasteiger partial charge < -0.3 is 4.74 Å². The molecule has 0 spiro atoms. The van der Waals surface area contributed by atoms with Crippen LogP contribution in [0.15, 0.2) is 87.3 Å². The zero-order valence-electron chi connectivity index (χ0n) is 24.0. The van der Waals surface area contributed by atoms with E-state index in [-0.39, 0.29) is 38.2 Å². The molecule has 18 heteroatoms. The number of nitrogens with zero attached hydrogens (tertiary/aromatic N) is 3. The molecule has 3 amide bonds. The van der Waals surface area contributed by atoms with Gasteiger partial charge in [0.15, 0.2) is 10.1 Å². The fraction of sp³-hybridized carbons (Fsp3) is 0.194. The Balaban J connectivity index is 1.32. The Morgan fingerprint density at radius 3 is 1.76 bits per heavy atom. The predicted molar refractivity (Wildman–Crippen MR) is 183 cm³/mol. The Kier molecular flexibility index (Phi) is 9.09. The van der Waals surface area contributed by atoms with E-state index in [0.29, 0.717) is 10.0 Å². The van der Waals surface area contributed by atoms with Gasteiger partial charge in [-0.3, -0.25) is 29.3 Å². The van der Waals surface area contributed by atoms with E-state index in [1.54, 1.807) is 24.3 Å². The Hall–Kier alpha value is -3.23. The van der Waals surface area contributed by atoms with E-state index in [2.05, 4.69) is 15.9 Å². The molecule has 3 aromatic rings. The second-order valence-corrected chi connectivity index (χ2v) is 15.3. The number of ketones is 1. The predicted octanol–water partition coefficient (Wildman–Crippen LogP) is 7.26. The number of hydrazine groups is 1. The van der Waals surface area contributed by atoms with Gasteiger partial charge in [0, 0.05) is 27.7 Å². The number of rotatable bonds is 8. The third-order valence-corrected chi connectivity index (χ3v) is 13.2. The number of ether oxygens (including phenoxy) is 1. The highest BCUT2D eigenvalue weighted by atomic mass is 79.9. The highest BCUT2D eigenvalue weighted by Crippen LogP contribution is 2.77. The highest BCUT2D eigenvalue weighted by Gasteiger charge is 2.88. The fourth-order valence-electron chi connectivity index (χ4n) is 6.01. The van der Waals surface area contributed by atoms with Gasteiger partial charge in [-0.25, -0.2) is 9.80 Å². The summed E-state index contributed by atoms with van der Waals surface area (Å²) in [5.74, 6) is -7.78. The van der Waals surface area contributed by atoms with Crippen molar-refractivity contribution in [2.45, 2.75) is 14.1 Å². The minimum Gasteiger partial charge on any atom is -0.423 e. The lowest BCUT2D eigenvalue weighted by molar-refractivity contribution is -0.384. The topological polar surface area (TPSA) is 144 Å². The van der Waals surface area contributed by atoms with E-state index in [9.17, 15) is 34.1 Å². The lowest BCUT2D eigenvalue weighted by Crippen LogP contribution is -2.56. The number of hydrogen-bond acceptors (Lipinski definition) is 8. The molecule has 1 aliphatic heterocycles. The minimum atomic E-state index is -2.24. The Morgan fingerprint density at radius 2 is 1.27 bits per heavy atom. The van der Waals surface area contributed by atoms with Gasteiger partial charge in [0.2, 0.25) is 0 Å². The lowest BCUT2D eigenvalue weighted by Gasteiger charge is -2.36. The molecule has 3 aromatic carbocycles. The number of esters is 1. The molecule has 0 aromatic heterocycles. The smallest absolute Gasteiger partial charge is 0.343 e. The number of carbonyl (C=O) groups is 5. The van der Waals surface area contributed by atoms with E-state index >= 15 is 0 Å². The van der Waals surface area contributed by atoms with Gasteiger partial charge in [0.1, 0.15) is 22.0 Å². The molecule has 2 fully saturated rings. The quantitative estimate of drug-likeness (QED) is 0.0438. The number of imide groups is 1. The number of non-ortho nitro benzene ring substituents is 1. The molecule has 4 atom stereocenters. The number of nitro benzene ring substituents is 1. The summed E-state index contributed by atoms with van der Waals surface area (Å²) in [7, 11) is 0. The van der Waals surface area contributed by atoms with Gasteiger partial charge in [0.25, 0.3) is 23.4 Å². The molecule has 49 heavy (non-hydrogen) atoms. The van der Waals surface area contributed by atoms with Crippen LogP contribution in [-0.2, 0) is 9.59 Å². The number of allylic oxidation sites excluding steroid dienone is 2. The van der Waals surface area contributed by atoms with Crippen LogP contribution in [0.5, 0.6) is 5.75 Å². The maximum Gasteiger partial charge on any atom is 0.343 e. The van der Waals surface area contributed by atoms with Crippen LogP contribution >= 0.6 is 85.5 Å². The van der Waals surface area contributed by atoms with Crippen molar-refractivity contribution in [1.82, 2.24) is 10.0 Å². The van der Waals surface area contributed by atoms with Crippen LogP contribution in [0, 0.1) is 22.0 Å². The molecule has 2 aliphatic carbocycles. The van der Waals surface area contributed by atoms with Gasteiger partial charge in [-0.05, 0) is 60.7 Å². The summed E-state index contributed by atoms with van der Waals surface area (Å²) < 4.78 is 3.89. The van der Waals surface area contributed by atoms with Gasteiger partial charge in [-0.1, -0.05) is 62.3 Å². The third kappa shape index (κ3) is 5.26. The van der Waals surface area contributed by atoms with Crippen molar-refractivity contribution >= 4 is 121 Å². The molecule has 0 unspecified atom stereocenters. The first-order valence-electron chi connectivity index (χ1n) is 13.8. The van der Waals surface area contributed by atoms with Crippen molar-refractivity contribution in [3.05, 3.63) is 114 Å². The number of halogens is 7. The third-order valence-electron chi connectivity index (χ3n) is 8.45. The molecule has 6 rings (SSSR count). The summed E-state index contributed by atoms with van der Waals surface area (Å²) in [6, 6.07) is 16.0. The first kappa shape index (κ1) is 35.6. The summed E-state index contributed by atoms with van der Waals surface area (Å²) >= 11 is 42.8. The average molecular weight is 851 g/mol. The molecular formula is C31H16BrCl6N3O8. The second-order valence-electron chi connectivity index (χ2n) is 11.1. The van der Waals surface area contributed by atoms with Gasteiger partial charge in [-0.15, -0.1) is 23.2 Å². The number of nitro groups is 1. The highest BCUT2D eigenvalue weighted by molar-refractivity contribution is 9.10. The van der Waals surface area contributed by atoms with E-state index < -0.39 is 66.9 Å². The van der Waals surface area contributed by atoms with E-state index in [0.717, 1.165) is 28.7 Å². The number of benzene rings is 3. The summed E-state index contributed by atoms with van der Waals surface area (Å²) in [6.07, 6.45) is 0. The molecule has 11 nitrogen and oxygen atoms in total. The molecule has 1 heterocycles. The number of alkyl halides is 4. The second kappa shape index (κ2) is 12.5. The fourth-order valence-corrected chi connectivity index (χ4v) is 9.21. The zero-order valence-corrected chi connectivity index (χ0v) is 30.2. The minimum absolute atomic E-state index is 0.000199. The first-order chi connectivity index (χ1) is 23.0. The number of Topliss-reactive ketones (excluding diaryl/α,β-unsaturated/α-hetero) is 1. The zero-order chi connectivity index (χ0) is 35.8. The molecule has 1 saturated carbocycles. The van der Waals surface area contributed by atoms with Crippen LogP contribution < -0.4 is 4.74 Å². The molecule has 0 radical (unpaired) electrons. The number of fused-ring (bicyclic) bond motifs is 5. The van der Waals surface area contributed by atoms with E-state index in [1.165, 1.54) is 24.3 Å². The van der Waals surface area contributed by atoms with Crippen LogP contribution in [0.25, 0.3) is 0 Å². The average Bonchev–Trinajstić information content (AvgIpc) is 3.46. The van der Waals surface area contributed by atoms with Crippen molar-refractivity contribution in [2.24, 2.45) is 11.8 Å². The molecule has 0 N–H and O–H groups in total. The monoisotopic (exact) mass is 847 g/mol. The summed E-state index contributed by atoms with van der Waals surface area (Å²) in [5.41, 5.74) is -0.282. The molecule has 252 valence electrons. The van der Waals surface area contributed by atoms with Crippen molar-refractivity contribution in [3.8, 4) is 5.75 Å². The van der Waals surface area contributed by atoms with Gasteiger partial charge in [0.05, 0.1) is 32.4 Å². The van der Waals surface area contributed by atoms with Gasteiger partial charge in [-0.2, -0.15) is 5.01 Å². The van der Waals surface area contributed by atoms with Crippen molar-refractivity contribution in [1.29, 1.82) is 0 Å². The number of carbonyl (C=O) groups excluding carboxylic acids is 5. The molecule has 3 aliphatic rings.